The van der Waals surface area contributed by atoms with Crippen LogP contribution in [0.5, 0.6) is 0 Å². The molecule has 6 heteroatoms. The topological polar surface area (TPSA) is 86.9 Å². The Bertz CT molecular complexity index is 694. The quantitative estimate of drug-likeness (QED) is 0.816. The van der Waals surface area contributed by atoms with Crippen molar-refractivity contribution in [3.8, 4) is 0 Å². The lowest BCUT2D eigenvalue weighted by atomic mass is 9.77. The van der Waals surface area contributed by atoms with E-state index in [9.17, 15) is 14.7 Å². The molecular weight excluding hydrogens is 342 g/mol. The molecule has 0 unspecified atom stereocenters. The van der Waals surface area contributed by atoms with Gasteiger partial charge in [-0.3, -0.25) is 9.59 Å². The van der Waals surface area contributed by atoms with Crippen LogP contribution in [0.15, 0.2) is 36.4 Å². The summed E-state index contributed by atoms with van der Waals surface area (Å²) in [6.45, 7) is 4.09. The smallest absolute Gasteiger partial charge is 0.242 e. The third-order valence-corrected chi connectivity index (χ3v) is 5.78. The van der Waals surface area contributed by atoms with Gasteiger partial charge in [0.2, 0.25) is 11.8 Å². The van der Waals surface area contributed by atoms with Crippen molar-refractivity contribution in [2.75, 3.05) is 26.2 Å². The zero-order valence-electron chi connectivity index (χ0n) is 15.9. The third-order valence-electron chi connectivity index (χ3n) is 5.78. The molecule has 2 aliphatic heterocycles. The minimum absolute atomic E-state index is 0.0383. The maximum atomic E-state index is 12.5. The summed E-state index contributed by atoms with van der Waals surface area (Å²) < 4.78 is 0. The lowest BCUT2D eigenvalue weighted by molar-refractivity contribution is -0.137. The molecule has 1 spiro atoms. The fourth-order valence-corrected chi connectivity index (χ4v) is 3.98. The van der Waals surface area contributed by atoms with Crippen molar-refractivity contribution in [2.45, 2.75) is 38.3 Å². The van der Waals surface area contributed by atoms with Crippen molar-refractivity contribution in [3.63, 3.8) is 0 Å². The predicted octanol–water partition coefficient (Wildman–Crippen LogP) is 1.25. The Labute approximate surface area is 160 Å². The second-order valence-corrected chi connectivity index (χ2v) is 7.86. The molecule has 146 valence electrons. The van der Waals surface area contributed by atoms with Gasteiger partial charge in [-0.15, -0.1) is 0 Å². The van der Waals surface area contributed by atoms with E-state index < -0.39 is 12.1 Å². The minimum atomic E-state index is -0.871. The summed E-state index contributed by atoms with van der Waals surface area (Å²) in [4.78, 5) is 28.4. The molecule has 0 aromatic heterocycles. The molecule has 0 radical (unpaired) electrons. The van der Waals surface area contributed by atoms with E-state index >= 15 is 0 Å². The van der Waals surface area contributed by atoms with Crippen LogP contribution in [0.3, 0.4) is 0 Å². The van der Waals surface area contributed by atoms with Crippen LogP contribution in [-0.4, -0.2) is 65.0 Å². The number of likely N-dealkylation sites (tertiary alicyclic amines) is 2. The average molecular weight is 371 g/mol. The fourth-order valence-electron chi connectivity index (χ4n) is 3.98. The zero-order chi connectivity index (χ0) is 19.4. The molecule has 0 aliphatic carbocycles. The van der Waals surface area contributed by atoms with E-state index in [1.165, 1.54) is 6.92 Å². The number of piperidine rings is 1. The van der Waals surface area contributed by atoms with Crippen LogP contribution < -0.4 is 5.73 Å². The summed E-state index contributed by atoms with van der Waals surface area (Å²) in [5, 5.41) is 9.53. The molecular formula is C21H29N3O3. The number of aliphatic hydroxyl groups excluding tert-OH is 1. The number of amides is 2. The first-order valence-electron chi connectivity index (χ1n) is 9.62. The number of benzene rings is 1. The van der Waals surface area contributed by atoms with Crippen LogP contribution in [0, 0.1) is 5.41 Å². The lowest BCUT2D eigenvalue weighted by Gasteiger charge is -2.39. The van der Waals surface area contributed by atoms with Crippen molar-refractivity contribution < 1.29 is 14.7 Å². The van der Waals surface area contributed by atoms with Crippen molar-refractivity contribution in [1.82, 2.24) is 9.80 Å². The molecule has 0 bridgehead atoms. The Morgan fingerprint density at radius 2 is 1.96 bits per heavy atom. The van der Waals surface area contributed by atoms with Gasteiger partial charge in [0.05, 0.1) is 6.10 Å². The van der Waals surface area contributed by atoms with Gasteiger partial charge < -0.3 is 20.6 Å². The highest BCUT2D eigenvalue weighted by molar-refractivity contribution is 5.83. The zero-order valence-corrected chi connectivity index (χ0v) is 15.9. The van der Waals surface area contributed by atoms with Gasteiger partial charge in [-0.25, -0.2) is 0 Å². The van der Waals surface area contributed by atoms with E-state index in [2.05, 4.69) is 0 Å². The van der Waals surface area contributed by atoms with E-state index in [1.807, 2.05) is 47.4 Å². The van der Waals surface area contributed by atoms with E-state index in [-0.39, 0.29) is 17.2 Å². The summed E-state index contributed by atoms with van der Waals surface area (Å²) in [5.41, 5.74) is 6.86. The first kappa shape index (κ1) is 19.6. The minimum Gasteiger partial charge on any atom is -0.391 e. The van der Waals surface area contributed by atoms with Gasteiger partial charge in [0.25, 0.3) is 0 Å². The number of nitrogens with two attached hydrogens (primary N) is 1. The Morgan fingerprint density at radius 3 is 2.59 bits per heavy atom. The lowest BCUT2D eigenvalue weighted by Crippen LogP contribution is -2.53. The van der Waals surface area contributed by atoms with Crippen molar-refractivity contribution >= 4 is 17.9 Å². The second kappa shape index (κ2) is 8.23. The van der Waals surface area contributed by atoms with Crippen LogP contribution in [0.4, 0.5) is 0 Å². The molecule has 2 amide bonds. The molecule has 27 heavy (non-hydrogen) atoms. The summed E-state index contributed by atoms with van der Waals surface area (Å²) in [5.74, 6) is -0.0139. The summed E-state index contributed by atoms with van der Waals surface area (Å²) in [6.07, 6.45) is 5.37. The molecule has 2 aliphatic rings. The van der Waals surface area contributed by atoms with Crippen LogP contribution in [-0.2, 0) is 9.59 Å². The predicted molar refractivity (Wildman–Crippen MR) is 105 cm³/mol. The largest absolute Gasteiger partial charge is 0.391 e. The monoisotopic (exact) mass is 371 g/mol. The fraction of sp³-hybridized carbons (Fsp3) is 0.524. The highest BCUT2D eigenvalue weighted by Crippen LogP contribution is 2.41. The van der Waals surface area contributed by atoms with Gasteiger partial charge in [-0.1, -0.05) is 42.5 Å². The van der Waals surface area contributed by atoms with Gasteiger partial charge in [-0.2, -0.15) is 0 Å². The number of carbonyl (C=O) groups is 2. The van der Waals surface area contributed by atoms with Crippen LogP contribution >= 0.6 is 0 Å². The average Bonchev–Trinajstić information content (AvgIpc) is 2.97. The maximum absolute atomic E-state index is 12.5. The van der Waals surface area contributed by atoms with Gasteiger partial charge in [-0.05, 0) is 25.3 Å². The van der Waals surface area contributed by atoms with Crippen molar-refractivity contribution in [3.05, 3.63) is 42.0 Å². The molecule has 3 rings (SSSR count). The normalized spacial score (nSPS) is 21.8. The third kappa shape index (κ3) is 4.57. The summed E-state index contributed by atoms with van der Waals surface area (Å²) >= 11 is 0. The number of carbonyl (C=O) groups excluding carboxylic acids is 2. The second-order valence-electron chi connectivity index (χ2n) is 7.86. The van der Waals surface area contributed by atoms with Crippen molar-refractivity contribution in [2.24, 2.45) is 11.1 Å². The first-order chi connectivity index (χ1) is 12.9. The molecule has 1 aromatic rings. The summed E-state index contributed by atoms with van der Waals surface area (Å²) in [7, 11) is 0. The molecule has 2 atom stereocenters. The Kier molecular flexibility index (Phi) is 5.97. The number of hydrogen-bond donors (Lipinski definition) is 2. The molecule has 1 aromatic carbocycles. The van der Waals surface area contributed by atoms with E-state index in [1.54, 1.807) is 4.90 Å². The van der Waals surface area contributed by atoms with Gasteiger partial charge in [0.15, 0.2) is 0 Å². The molecule has 6 nitrogen and oxygen atoms in total. The standard InChI is InChI=1S/C21H29N3O3/c1-16(25)19(22)20(27)23-12-9-21(10-13-23)14-18(26)24(15-21)11-5-8-17-6-3-2-4-7-17/h2-8,16,19,25H,9-15,22H2,1H3/t16-,19+/m1/s1. The Morgan fingerprint density at radius 1 is 1.30 bits per heavy atom. The highest BCUT2D eigenvalue weighted by atomic mass is 16.3. The van der Waals surface area contributed by atoms with E-state index in [0.717, 1.165) is 24.9 Å². The molecule has 2 heterocycles. The van der Waals surface area contributed by atoms with Crippen LogP contribution in [0.25, 0.3) is 6.08 Å². The number of hydrogen-bond acceptors (Lipinski definition) is 4. The SMILES string of the molecule is C[C@@H](O)[C@H](N)C(=O)N1CCC2(CC1)CC(=O)N(CC=Cc1ccccc1)C2. The number of rotatable bonds is 5. The van der Waals surface area contributed by atoms with Crippen molar-refractivity contribution in [1.29, 1.82) is 0 Å². The van der Waals surface area contributed by atoms with Crippen LogP contribution in [0.1, 0.15) is 31.7 Å². The van der Waals surface area contributed by atoms with E-state index in [4.69, 9.17) is 5.73 Å². The first-order valence-corrected chi connectivity index (χ1v) is 9.62. The Hall–Kier alpha value is -2.18. The van der Waals surface area contributed by atoms with Gasteiger partial charge in [0.1, 0.15) is 6.04 Å². The molecule has 2 saturated heterocycles. The van der Waals surface area contributed by atoms with Gasteiger partial charge >= 0.3 is 0 Å². The highest BCUT2D eigenvalue weighted by Gasteiger charge is 2.45. The summed E-state index contributed by atoms with van der Waals surface area (Å²) in [6, 6.07) is 9.17. The molecule has 2 fully saturated rings. The van der Waals surface area contributed by atoms with Gasteiger partial charge in [0, 0.05) is 38.0 Å². The molecule has 0 saturated carbocycles. The van der Waals surface area contributed by atoms with Crippen LogP contribution in [0.2, 0.25) is 0 Å². The van der Waals surface area contributed by atoms with E-state index in [0.29, 0.717) is 26.1 Å². The Balaban J connectivity index is 1.53. The maximum Gasteiger partial charge on any atom is 0.242 e. The number of aliphatic hydroxyl groups is 1. The molecule has 3 N–H and O–H groups in total. The number of nitrogens with zero attached hydrogens (tertiary/aromatic N) is 2.